The molecule has 0 saturated heterocycles. The van der Waals surface area contributed by atoms with Crippen LogP contribution in [0.5, 0.6) is 11.5 Å². The van der Waals surface area contributed by atoms with E-state index in [-0.39, 0.29) is 12.7 Å². The standard InChI is InChI=1S/C24H20N4O3/c29-24(28-27-14-18-13-26-21-4-2-1-3-20(18)21)17-6-8-19(9-7-17)25-12-16-5-10-22-23(11-16)31-15-30-22/h1-11,13-14,25-26H,12,15H2,(H,28,29)/b27-14-. The topological polar surface area (TPSA) is 87.7 Å². The van der Waals surface area contributed by atoms with E-state index in [1.807, 2.05) is 60.8 Å². The van der Waals surface area contributed by atoms with Crippen molar-refractivity contribution in [3.8, 4) is 11.5 Å². The predicted molar refractivity (Wildman–Crippen MR) is 120 cm³/mol. The monoisotopic (exact) mass is 412 g/mol. The molecular weight excluding hydrogens is 392 g/mol. The Kier molecular flexibility index (Phi) is 4.98. The molecule has 3 aromatic carbocycles. The van der Waals surface area contributed by atoms with Crippen molar-refractivity contribution in [2.45, 2.75) is 6.54 Å². The molecule has 4 aromatic rings. The second kappa shape index (κ2) is 8.23. The number of rotatable bonds is 6. The first-order valence-corrected chi connectivity index (χ1v) is 9.88. The Hall–Kier alpha value is -4.26. The molecule has 2 heterocycles. The van der Waals surface area contributed by atoms with Crippen LogP contribution in [0.15, 0.2) is 78.0 Å². The number of benzene rings is 3. The lowest BCUT2D eigenvalue weighted by Gasteiger charge is -2.08. The Labute approximate surface area is 178 Å². The Bertz CT molecular complexity index is 1260. The molecule has 1 aliphatic rings. The van der Waals surface area contributed by atoms with E-state index < -0.39 is 0 Å². The SMILES string of the molecule is O=C(N/N=C\c1c[nH]c2ccccc12)c1ccc(NCc2ccc3c(c2)OCO3)cc1. The predicted octanol–water partition coefficient (Wildman–Crippen LogP) is 4.27. The van der Waals surface area contributed by atoms with Crippen LogP contribution in [0.1, 0.15) is 21.5 Å². The van der Waals surface area contributed by atoms with Crippen molar-refractivity contribution in [1.29, 1.82) is 0 Å². The maximum atomic E-state index is 12.4. The fourth-order valence-electron chi connectivity index (χ4n) is 3.42. The number of nitrogens with one attached hydrogen (secondary N) is 3. The van der Waals surface area contributed by atoms with Gasteiger partial charge in [0.25, 0.3) is 5.91 Å². The molecule has 1 amide bonds. The van der Waals surface area contributed by atoms with Crippen molar-refractivity contribution in [2.75, 3.05) is 12.1 Å². The third-order valence-corrected chi connectivity index (χ3v) is 5.07. The minimum atomic E-state index is -0.265. The van der Waals surface area contributed by atoms with Crippen molar-refractivity contribution in [2.24, 2.45) is 5.10 Å². The van der Waals surface area contributed by atoms with Gasteiger partial charge < -0.3 is 19.8 Å². The summed E-state index contributed by atoms with van der Waals surface area (Å²) < 4.78 is 10.7. The van der Waals surface area contributed by atoms with E-state index in [0.717, 1.165) is 39.2 Å². The van der Waals surface area contributed by atoms with Crippen molar-refractivity contribution in [1.82, 2.24) is 10.4 Å². The van der Waals surface area contributed by atoms with Gasteiger partial charge in [-0.3, -0.25) is 4.79 Å². The number of ether oxygens (including phenoxy) is 2. The van der Waals surface area contributed by atoms with Gasteiger partial charge in [0.05, 0.1) is 6.21 Å². The highest BCUT2D eigenvalue weighted by Crippen LogP contribution is 2.32. The lowest BCUT2D eigenvalue weighted by Crippen LogP contribution is -2.17. The summed E-state index contributed by atoms with van der Waals surface area (Å²) in [6, 6.07) is 21.1. The number of nitrogens with zero attached hydrogens (tertiary/aromatic N) is 1. The van der Waals surface area contributed by atoms with Crippen molar-refractivity contribution < 1.29 is 14.3 Å². The van der Waals surface area contributed by atoms with Crippen LogP contribution in [-0.4, -0.2) is 23.9 Å². The molecular formula is C24H20N4O3. The number of hydrazone groups is 1. The van der Waals surface area contributed by atoms with Gasteiger partial charge in [-0.25, -0.2) is 5.43 Å². The molecule has 7 nitrogen and oxygen atoms in total. The summed E-state index contributed by atoms with van der Waals surface area (Å²) in [5.41, 5.74) is 7.04. The van der Waals surface area contributed by atoms with Gasteiger partial charge in [0.2, 0.25) is 6.79 Å². The van der Waals surface area contributed by atoms with E-state index in [9.17, 15) is 4.79 Å². The highest BCUT2D eigenvalue weighted by molar-refractivity contribution is 6.00. The summed E-state index contributed by atoms with van der Waals surface area (Å²) >= 11 is 0. The first-order chi connectivity index (χ1) is 15.3. The number of aromatic amines is 1. The van der Waals surface area contributed by atoms with Gasteiger partial charge in [-0.2, -0.15) is 5.10 Å². The number of carbonyl (C=O) groups excluding carboxylic acids is 1. The number of hydrogen-bond acceptors (Lipinski definition) is 5. The zero-order chi connectivity index (χ0) is 21.0. The lowest BCUT2D eigenvalue weighted by molar-refractivity contribution is 0.0955. The Morgan fingerprint density at radius 3 is 2.77 bits per heavy atom. The first-order valence-electron chi connectivity index (χ1n) is 9.88. The average Bonchev–Trinajstić information content (AvgIpc) is 3.45. The van der Waals surface area contributed by atoms with Crippen LogP contribution < -0.4 is 20.2 Å². The van der Waals surface area contributed by atoms with Crippen LogP contribution in [0.25, 0.3) is 10.9 Å². The van der Waals surface area contributed by atoms with Gasteiger partial charge in [0.1, 0.15) is 0 Å². The molecule has 154 valence electrons. The normalized spacial score (nSPS) is 12.4. The molecule has 0 saturated carbocycles. The summed E-state index contributed by atoms with van der Waals surface area (Å²) in [6.45, 7) is 0.901. The summed E-state index contributed by atoms with van der Waals surface area (Å²) in [6.07, 6.45) is 3.50. The van der Waals surface area contributed by atoms with Crippen LogP contribution >= 0.6 is 0 Å². The molecule has 0 aliphatic carbocycles. The molecule has 1 aromatic heterocycles. The van der Waals surface area contributed by atoms with Crippen LogP contribution in [0, 0.1) is 0 Å². The minimum Gasteiger partial charge on any atom is -0.454 e. The number of aromatic nitrogens is 1. The van der Waals surface area contributed by atoms with E-state index in [1.54, 1.807) is 18.3 Å². The fraction of sp³-hybridized carbons (Fsp3) is 0.0833. The van der Waals surface area contributed by atoms with Crippen molar-refractivity contribution in [3.63, 3.8) is 0 Å². The number of H-pyrrole nitrogens is 1. The molecule has 0 unspecified atom stereocenters. The molecule has 31 heavy (non-hydrogen) atoms. The molecule has 1 aliphatic heterocycles. The average molecular weight is 412 g/mol. The quantitative estimate of drug-likeness (QED) is 0.326. The van der Waals surface area contributed by atoms with Crippen LogP contribution in [0.2, 0.25) is 0 Å². The van der Waals surface area contributed by atoms with Gasteiger partial charge >= 0.3 is 0 Å². The summed E-state index contributed by atoms with van der Waals surface area (Å²) in [5.74, 6) is 1.27. The van der Waals surface area contributed by atoms with Gasteiger partial charge in [0, 0.05) is 40.5 Å². The lowest BCUT2D eigenvalue weighted by atomic mass is 10.1. The molecule has 0 spiro atoms. The van der Waals surface area contributed by atoms with Gasteiger partial charge in [-0.15, -0.1) is 0 Å². The smallest absolute Gasteiger partial charge is 0.271 e. The number of fused-ring (bicyclic) bond motifs is 2. The summed E-state index contributed by atoms with van der Waals surface area (Å²) in [4.78, 5) is 15.5. The Morgan fingerprint density at radius 1 is 1.03 bits per heavy atom. The van der Waals surface area contributed by atoms with Gasteiger partial charge in [0.15, 0.2) is 11.5 Å². The molecule has 0 radical (unpaired) electrons. The molecule has 0 bridgehead atoms. The van der Waals surface area contributed by atoms with Gasteiger partial charge in [-0.05, 0) is 48.0 Å². The van der Waals surface area contributed by atoms with Crippen molar-refractivity contribution >= 4 is 28.7 Å². The van der Waals surface area contributed by atoms with E-state index in [0.29, 0.717) is 12.1 Å². The van der Waals surface area contributed by atoms with Crippen LogP contribution in [0.4, 0.5) is 5.69 Å². The number of amides is 1. The van der Waals surface area contributed by atoms with Crippen LogP contribution in [-0.2, 0) is 6.54 Å². The molecule has 0 atom stereocenters. The van der Waals surface area contributed by atoms with Gasteiger partial charge in [-0.1, -0.05) is 24.3 Å². The molecule has 0 fully saturated rings. The number of carbonyl (C=O) groups is 1. The van der Waals surface area contributed by atoms with E-state index in [4.69, 9.17) is 9.47 Å². The number of anilines is 1. The minimum absolute atomic E-state index is 0.265. The number of hydrogen-bond donors (Lipinski definition) is 3. The molecule has 3 N–H and O–H groups in total. The molecule has 5 rings (SSSR count). The van der Waals surface area contributed by atoms with Crippen molar-refractivity contribution in [3.05, 3.63) is 89.6 Å². The zero-order valence-corrected chi connectivity index (χ0v) is 16.6. The summed E-state index contributed by atoms with van der Waals surface area (Å²) in [5, 5.41) is 8.47. The third-order valence-electron chi connectivity index (χ3n) is 5.07. The fourth-order valence-corrected chi connectivity index (χ4v) is 3.42. The first kappa shape index (κ1) is 18.7. The Balaban J connectivity index is 1.17. The van der Waals surface area contributed by atoms with Crippen LogP contribution in [0.3, 0.4) is 0 Å². The second-order valence-corrected chi connectivity index (χ2v) is 7.11. The summed E-state index contributed by atoms with van der Waals surface area (Å²) in [7, 11) is 0. The Morgan fingerprint density at radius 2 is 1.87 bits per heavy atom. The largest absolute Gasteiger partial charge is 0.454 e. The maximum absolute atomic E-state index is 12.4. The second-order valence-electron chi connectivity index (χ2n) is 7.11. The highest BCUT2D eigenvalue weighted by atomic mass is 16.7. The maximum Gasteiger partial charge on any atom is 0.271 e. The third kappa shape index (κ3) is 4.06. The highest BCUT2D eigenvalue weighted by Gasteiger charge is 2.13. The van der Waals surface area contributed by atoms with E-state index in [1.165, 1.54) is 0 Å². The zero-order valence-electron chi connectivity index (χ0n) is 16.6. The number of para-hydroxylation sites is 1. The molecule has 7 heteroatoms. The van der Waals surface area contributed by atoms with E-state index >= 15 is 0 Å². The van der Waals surface area contributed by atoms with E-state index in [2.05, 4.69) is 20.8 Å².